The van der Waals surface area contributed by atoms with Crippen LogP contribution in [0.25, 0.3) is 0 Å². The highest BCUT2D eigenvalue weighted by Gasteiger charge is 2.06. The van der Waals surface area contributed by atoms with E-state index in [1.807, 2.05) is 24.3 Å². The number of pyridine rings is 1. The van der Waals surface area contributed by atoms with Gasteiger partial charge in [0.1, 0.15) is 11.6 Å². The number of thiocarbonyl (C=S) groups is 1. The van der Waals surface area contributed by atoms with Crippen molar-refractivity contribution in [3.05, 3.63) is 54.1 Å². The van der Waals surface area contributed by atoms with Crippen molar-refractivity contribution in [2.24, 2.45) is 0 Å². The molecule has 0 aliphatic rings. The van der Waals surface area contributed by atoms with E-state index in [1.165, 1.54) is 12.3 Å². The van der Waals surface area contributed by atoms with Crippen molar-refractivity contribution in [1.82, 2.24) is 10.3 Å². The van der Waals surface area contributed by atoms with Gasteiger partial charge in [0.25, 0.3) is 0 Å². The highest BCUT2D eigenvalue weighted by atomic mass is 32.1. The number of rotatable bonds is 4. The van der Waals surface area contributed by atoms with E-state index in [4.69, 9.17) is 17.0 Å². The highest BCUT2D eigenvalue weighted by molar-refractivity contribution is 7.80. The Bertz CT molecular complexity index is 606. The van der Waals surface area contributed by atoms with Crippen molar-refractivity contribution < 1.29 is 9.13 Å². The van der Waals surface area contributed by atoms with Crippen molar-refractivity contribution >= 4 is 23.0 Å². The quantitative estimate of drug-likeness (QED) is 0.848. The fourth-order valence-corrected chi connectivity index (χ4v) is 1.81. The lowest BCUT2D eigenvalue weighted by Crippen LogP contribution is -2.28. The lowest BCUT2D eigenvalue weighted by molar-refractivity contribution is 0.417. The summed E-state index contributed by atoms with van der Waals surface area (Å²) in [6.45, 7) is 0.216. The molecule has 2 rings (SSSR count). The Hall–Kier alpha value is -2.21. The molecule has 0 atom stereocenters. The van der Waals surface area contributed by atoms with Crippen LogP contribution in [0.4, 0.5) is 10.1 Å². The van der Waals surface area contributed by atoms with Gasteiger partial charge in [-0.2, -0.15) is 0 Å². The number of hydrogen-bond donors (Lipinski definition) is 2. The van der Waals surface area contributed by atoms with Gasteiger partial charge in [-0.3, -0.25) is 4.98 Å². The second kappa shape index (κ2) is 6.81. The van der Waals surface area contributed by atoms with Crippen LogP contribution in [0.2, 0.25) is 0 Å². The van der Waals surface area contributed by atoms with Gasteiger partial charge in [0.05, 0.1) is 25.0 Å². The number of aromatic nitrogens is 1. The highest BCUT2D eigenvalue weighted by Crippen LogP contribution is 2.22. The number of hydrogen-bond acceptors (Lipinski definition) is 3. The summed E-state index contributed by atoms with van der Waals surface area (Å²) in [7, 11) is 1.58. The van der Waals surface area contributed by atoms with E-state index in [-0.39, 0.29) is 12.4 Å². The number of benzene rings is 1. The molecule has 1 aromatic carbocycles. The Kier molecular flexibility index (Phi) is 4.84. The van der Waals surface area contributed by atoms with E-state index in [1.54, 1.807) is 13.2 Å². The maximum atomic E-state index is 13.4. The molecule has 2 aromatic rings. The van der Waals surface area contributed by atoms with Gasteiger partial charge in [0.15, 0.2) is 5.11 Å². The van der Waals surface area contributed by atoms with Gasteiger partial charge in [-0.05, 0) is 36.5 Å². The summed E-state index contributed by atoms with van der Waals surface area (Å²) in [5.74, 6) is 0.320. The molecule has 1 heterocycles. The number of methoxy groups -OCH3 is 1. The number of para-hydroxylation sites is 2. The molecular weight excluding hydrogens is 277 g/mol. The van der Waals surface area contributed by atoms with Crippen LogP contribution in [-0.4, -0.2) is 17.2 Å². The summed E-state index contributed by atoms with van der Waals surface area (Å²) in [5.41, 5.74) is 1.06. The molecule has 0 unspecified atom stereocenters. The average molecular weight is 291 g/mol. The third kappa shape index (κ3) is 3.64. The minimum absolute atomic E-state index is 0.216. The predicted molar refractivity (Wildman–Crippen MR) is 80.2 cm³/mol. The number of nitrogens with one attached hydrogen (secondary N) is 2. The van der Waals surface area contributed by atoms with Crippen LogP contribution in [0.5, 0.6) is 5.75 Å². The van der Waals surface area contributed by atoms with Crippen LogP contribution in [0, 0.1) is 5.82 Å². The van der Waals surface area contributed by atoms with Crippen molar-refractivity contribution in [1.29, 1.82) is 0 Å². The van der Waals surface area contributed by atoms with Gasteiger partial charge in [-0.1, -0.05) is 12.1 Å². The van der Waals surface area contributed by atoms with E-state index in [9.17, 15) is 4.39 Å². The Labute approximate surface area is 122 Å². The van der Waals surface area contributed by atoms with Crippen LogP contribution in [0.3, 0.4) is 0 Å². The van der Waals surface area contributed by atoms with Crippen LogP contribution < -0.4 is 15.4 Å². The molecule has 20 heavy (non-hydrogen) atoms. The minimum Gasteiger partial charge on any atom is -0.495 e. The molecule has 0 radical (unpaired) electrons. The SMILES string of the molecule is COc1ccccc1NC(=S)NCc1ncccc1F. The first-order valence-electron chi connectivity index (χ1n) is 5.98. The molecule has 0 aliphatic heterocycles. The fraction of sp³-hybridized carbons (Fsp3) is 0.143. The van der Waals surface area contributed by atoms with Gasteiger partial charge >= 0.3 is 0 Å². The van der Waals surface area contributed by atoms with Crippen molar-refractivity contribution in [3.63, 3.8) is 0 Å². The molecule has 0 amide bonds. The molecule has 1 aromatic heterocycles. The topological polar surface area (TPSA) is 46.2 Å². The normalized spacial score (nSPS) is 9.90. The van der Waals surface area contributed by atoms with Gasteiger partial charge in [0.2, 0.25) is 0 Å². The summed E-state index contributed by atoms with van der Waals surface area (Å²) >= 11 is 5.16. The molecule has 4 nitrogen and oxygen atoms in total. The second-order valence-electron chi connectivity index (χ2n) is 3.94. The summed E-state index contributed by atoms with van der Waals surface area (Å²) in [4.78, 5) is 3.94. The van der Waals surface area contributed by atoms with Gasteiger partial charge < -0.3 is 15.4 Å². The summed E-state index contributed by atoms with van der Waals surface area (Å²) in [6.07, 6.45) is 1.54. The monoisotopic (exact) mass is 291 g/mol. The zero-order valence-corrected chi connectivity index (χ0v) is 11.7. The van der Waals surface area contributed by atoms with E-state index >= 15 is 0 Å². The Balaban J connectivity index is 1.95. The van der Waals surface area contributed by atoms with Gasteiger partial charge in [-0.15, -0.1) is 0 Å². The predicted octanol–water partition coefficient (Wildman–Crippen LogP) is 2.72. The largest absolute Gasteiger partial charge is 0.495 e. The summed E-state index contributed by atoms with van der Waals surface area (Å²) in [5, 5.41) is 6.27. The Morgan fingerprint density at radius 2 is 2.10 bits per heavy atom. The number of halogens is 1. The molecule has 0 bridgehead atoms. The van der Waals surface area contributed by atoms with Crippen LogP contribution >= 0.6 is 12.2 Å². The van der Waals surface area contributed by atoms with E-state index < -0.39 is 0 Å². The zero-order chi connectivity index (χ0) is 14.4. The molecule has 0 spiro atoms. The number of ether oxygens (including phenoxy) is 1. The second-order valence-corrected chi connectivity index (χ2v) is 4.35. The molecule has 0 aliphatic carbocycles. The maximum absolute atomic E-state index is 13.4. The first-order valence-corrected chi connectivity index (χ1v) is 6.39. The smallest absolute Gasteiger partial charge is 0.171 e. The van der Waals surface area contributed by atoms with Crippen molar-refractivity contribution in [2.75, 3.05) is 12.4 Å². The van der Waals surface area contributed by atoms with Crippen LogP contribution in [0.15, 0.2) is 42.6 Å². The van der Waals surface area contributed by atoms with Gasteiger partial charge in [-0.25, -0.2) is 4.39 Å². The molecule has 0 saturated heterocycles. The minimum atomic E-state index is -0.361. The Morgan fingerprint density at radius 3 is 2.85 bits per heavy atom. The summed E-state index contributed by atoms with van der Waals surface area (Å²) in [6, 6.07) is 10.3. The number of anilines is 1. The van der Waals surface area contributed by atoms with E-state index in [0.717, 1.165) is 5.69 Å². The average Bonchev–Trinajstić information content (AvgIpc) is 2.47. The first kappa shape index (κ1) is 14.2. The molecule has 0 saturated carbocycles. The summed E-state index contributed by atoms with van der Waals surface area (Å²) < 4.78 is 18.6. The third-order valence-electron chi connectivity index (χ3n) is 2.61. The molecular formula is C14H14FN3OS. The number of nitrogens with zero attached hydrogens (tertiary/aromatic N) is 1. The zero-order valence-electron chi connectivity index (χ0n) is 10.9. The van der Waals surface area contributed by atoms with E-state index in [0.29, 0.717) is 16.6 Å². The van der Waals surface area contributed by atoms with Crippen LogP contribution in [-0.2, 0) is 6.54 Å². The first-order chi connectivity index (χ1) is 9.70. The lowest BCUT2D eigenvalue weighted by atomic mass is 10.3. The van der Waals surface area contributed by atoms with Gasteiger partial charge in [0, 0.05) is 6.20 Å². The third-order valence-corrected chi connectivity index (χ3v) is 2.85. The molecule has 0 fully saturated rings. The molecule has 2 N–H and O–H groups in total. The van der Waals surface area contributed by atoms with Crippen molar-refractivity contribution in [2.45, 2.75) is 6.54 Å². The molecule has 104 valence electrons. The van der Waals surface area contributed by atoms with Crippen LogP contribution in [0.1, 0.15) is 5.69 Å². The Morgan fingerprint density at radius 1 is 1.30 bits per heavy atom. The lowest BCUT2D eigenvalue weighted by Gasteiger charge is -2.13. The molecule has 6 heteroatoms. The van der Waals surface area contributed by atoms with E-state index in [2.05, 4.69) is 15.6 Å². The fourth-order valence-electron chi connectivity index (χ4n) is 1.63. The standard InChI is InChI=1S/C14H14FN3OS/c1-19-13-7-3-2-6-11(13)18-14(20)17-9-12-10(15)5-4-8-16-12/h2-8H,9H2,1H3,(H2,17,18,20). The maximum Gasteiger partial charge on any atom is 0.171 e. The van der Waals surface area contributed by atoms with Crippen molar-refractivity contribution in [3.8, 4) is 5.75 Å².